The lowest BCUT2D eigenvalue weighted by Gasteiger charge is -2.55. The van der Waals surface area contributed by atoms with E-state index in [2.05, 4.69) is 23.9 Å². The van der Waals surface area contributed by atoms with Crippen molar-refractivity contribution in [2.75, 3.05) is 40.8 Å². The monoisotopic (exact) mass is 241 g/mol. The van der Waals surface area contributed by atoms with Crippen LogP contribution in [0.2, 0.25) is 0 Å². The summed E-state index contributed by atoms with van der Waals surface area (Å²) in [5.41, 5.74) is 6.22. The van der Waals surface area contributed by atoms with Gasteiger partial charge in [-0.2, -0.15) is 0 Å². The Labute approximate surface area is 105 Å². The molecule has 17 heavy (non-hydrogen) atoms. The maximum absolute atomic E-state index is 6.01. The molecule has 0 atom stereocenters. The zero-order chi connectivity index (χ0) is 12.5. The quantitative estimate of drug-likeness (QED) is 0.779. The first kappa shape index (κ1) is 13.3. The second kappa shape index (κ2) is 5.22. The first-order chi connectivity index (χ1) is 8.11. The summed E-state index contributed by atoms with van der Waals surface area (Å²) >= 11 is 0. The lowest BCUT2D eigenvalue weighted by Crippen LogP contribution is -2.65. The number of hydrogen-bond donors (Lipinski definition) is 1. The van der Waals surface area contributed by atoms with E-state index >= 15 is 0 Å². The summed E-state index contributed by atoms with van der Waals surface area (Å²) in [5, 5.41) is 0. The molecule has 1 saturated carbocycles. The molecule has 0 aromatic heterocycles. The van der Waals surface area contributed by atoms with Crippen LogP contribution >= 0.6 is 0 Å². The Morgan fingerprint density at radius 3 is 2.41 bits per heavy atom. The number of likely N-dealkylation sites (N-methyl/N-ethyl adjacent to an activating group) is 1. The van der Waals surface area contributed by atoms with Crippen molar-refractivity contribution < 1.29 is 4.74 Å². The molecule has 100 valence electrons. The Bertz CT molecular complexity index is 245. The number of ether oxygens (including phenoxy) is 1. The Morgan fingerprint density at radius 1 is 1.35 bits per heavy atom. The van der Waals surface area contributed by atoms with Gasteiger partial charge in [0.25, 0.3) is 0 Å². The third-order valence-electron chi connectivity index (χ3n) is 4.91. The lowest BCUT2D eigenvalue weighted by molar-refractivity contribution is -0.0976. The fraction of sp³-hybridized carbons (Fsp3) is 1.00. The highest BCUT2D eigenvalue weighted by Crippen LogP contribution is 2.40. The highest BCUT2D eigenvalue weighted by Gasteiger charge is 2.48. The van der Waals surface area contributed by atoms with E-state index in [4.69, 9.17) is 10.5 Å². The van der Waals surface area contributed by atoms with Crippen LogP contribution in [0.5, 0.6) is 0 Å². The van der Waals surface area contributed by atoms with Gasteiger partial charge >= 0.3 is 0 Å². The van der Waals surface area contributed by atoms with Crippen LogP contribution in [0.4, 0.5) is 0 Å². The van der Waals surface area contributed by atoms with E-state index in [0.29, 0.717) is 12.1 Å². The van der Waals surface area contributed by atoms with Crippen LogP contribution < -0.4 is 5.73 Å². The van der Waals surface area contributed by atoms with Crippen molar-refractivity contribution in [3.8, 4) is 0 Å². The number of likely N-dealkylation sites (tertiary alicyclic amines) is 1. The molecule has 4 nitrogen and oxygen atoms in total. The van der Waals surface area contributed by atoms with Crippen LogP contribution in [0.15, 0.2) is 0 Å². The van der Waals surface area contributed by atoms with Crippen molar-refractivity contribution in [1.82, 2.24) is 9.80 Å². The summed E-state index contributed by atoms with van der Waals surface area (Å²) in [4.78, 5) is 4.97. The highest BCUT2D eigenvalue weighted by molar-refractivity contribution is 5.05. The summed E-state index contributed by atoms with van der Waals surface area (Å²) in [6.45, 7) is 3.18. The lowest BCUT2D eigenvalue weighted by atomic mass is 9.72. The van der Waals surface area contributed by atoms with Gasteiger partial charge in [-0.05, 0) is 52.9 Å². The largest absolute Gasteiger partial charge is 0.381 e. The van der Waals surface area contributed by atoms with Gasteiger partial charge in [-0.1, -0.05) is 0 Å². The molecule has 0 spiro atoms. The Balaban J connectivity index is 1.92. The molecule has 0 aromatic rings. The Hall–Kier alpha value is -0.160. The summed E-state index contributed by atoms with van der Waals surface area (Å²) in [7, 11) is 6.27. The number of methoxy groups -OCH3 is 1. The first-order valence-corrected chi connectivity index (χ1v) is 6.75. The van der Waals surface area contributed by atoms with Gasteiger partial charge in [0.1, 0.15) is 0 Å². The van der Waals surface area contributed by atoms with Crippen LogP contribution in [0.3, 0.4) is 0 Å². The standard InChI is InChI=1S/C13H27N3O/c1-15-6-4-11(5-7-15)16(2)13(10-14)8-12(9-13)17-3/h11-12H,4-10,14H2,1-3H3. The Morgan fingerprint density at radius 2 is 1.94 bits per heavy atom. The maximum Gasteiger partial charge on any atom is 0.0607 e. The molecule has 2 N–H and O–H groups in total. The van der Waals surface area contributed by atoms with Gasteiger partial charge in [0.05, 0.1) is 6.10 Å². The molecular weight excluding hydrogens is 214 g/mol. The average molecular weight is 241 g/mol. The van der Waals surface area contributed by atoms with Gasteiger partial charge in [0.15, 0.2) is 0 Å². The Kier molecular flexibility index (Phi) is 4.08. The third kappa shape index (κ3) is 2.50. The second-order valence-electron chi connectivity index (χ2n) is 5.84. The van der Waals surface area contributed by atoms with E-state index in [9.17, 15) is 0 Å². The molecule has 1 aliphatic carbocycles. The van der Waals surface area contributed by atoms with Crippen LogP contribution in [0, 0.1) is 0 Å². The van der Waals surface area contributed by atoms with E-state index in [0.717, 1.165) is 19.4 Å². The molecule has 1 saturated heterocycles. The predicted molar refractivity (Wildman–Crippen MR) is 70.1 cm³/mol. The van der Waals surface area contributed by atoms with Gasteiger partial charge in [0, 0.05) is 25.2 Å². The summed E-state index contributed by atoms with van der Waals surface area (Å²) < 4.78 is 5.41. The first-order valence-electron chi connectivity index (χ1n) is 6.75. The molecule has 2 fully saturated rings. The molecule has 1 aliphatic heterocycles. The van der Waals surface area contributed by atoms with Gasteiger partial charge in [-0.15, -0.1) is 0 Å². The molecule has 4 heteroatoms. The molecule has 1 heterocycles. The molecular formula is C13H27N3O. The number of rotatable bonds is 4. The smallest absolute Gasteiger partial charge is 0.0607 e. The fourth-order valence-electron chi connectivity index (χ4n) is 3.32. The van der Waals surface area contributed by atoms with Crippen molar-refractivity contribution in [2.45, 2.75) is 43.4 Å². The molecule has 0 radical (unpaired) electrons. The number of hydrogen-bond acceptors (Lipinski definition) is 4. The van der Waals surface area contributed by atoms with E-state index in [1.165, 1.54) is 25.9 Å². The van der Waals surface area contributed by atoms with Gasteiger partial charge in [0.2, 0.25) is 0 Å². The van der Waals surface area contributed by atoms with Crippen molar-refractivity contribution in [2.24, 2.45) is 5.73 Å². The van der Waals surface area contributed by atoms with E-state index in [1.54, 1.807) is 7.11 Å². The van der Waals surface area contributed by atoms with E-state index < -0.39 is 0 Å². The zero-order valence-electron chi connectivity index (χ0n) is 11.5. The maximum atomic E-state index is 6.01. The second-order valence-corrected chi connectivity index (χ2v) is 5.84. The summed E-state index contributed by atoms with van der Waals surface area (Å²) in [6.07, 6.45) is 5.16. The minimum atomic E-state index is 0.210. The van der Waals surface area contributed by atoms with Crippen molar-refractivity contribution in [3.63, 3.8) is 0 Å². The molecule has 0 amide bonds. The van der Waals surface area contributed by atoms with Crippen molar-refractivity contribution >= 4 is 0 Å². The third-order valence-corrected chi connectivity index (χ3v) is 4.91. The predicted octanol–water partition coefficient (Wildman–Crippen LogP) is 0.519. The molecule has 2 aliphatic rings. The van der Waals surface area contributed by atoms with Crippen molar-refractivity contribution in [3.05, 3.63) is 0 Å². The number of nitrogens with two attached hydrogens (primary N) is 1. The number of piperidine rings is 1. The highest BCUT2D eigenvalue weighted by atomic mass is 16.5. The van der Waals surface area contributed by atoms with Gasteiger partial charge < -0.3 is 15.4 Å². The van der Waals surface area contributed by atoms with Gasteiger partial charge in [-0.25, -0.2) is 0 Å². The molecule has 2 rings (SSSR count). The van der Waals surface area contributed by atoms with Gasteiger partial charge in [-0.3, -0.25) is 4.90 Å². The zero-order valence-corrected chi connectivity index (χ0v) is 11.5. The van der Waals surface area contributed by atoms with Crippen LogP contribution in [0.25, 0.3) is 0 Å². The fourth-order valence-corrected chi connectivity index (χ4v) is 3.32. The molecule has 0 aromatic carbocycles. The van der Waals surface area contributed by atoms with E-state index in [-0.39, 0.29) is 5.54 Å². The summed E-state index contributed by atoms with van der Waals surface area (Å²) in [6, 6.07) is 0.701. The van der Waals surface area contributed by atoms with Crippen LogP contribution in [-0.2, 0) is 4.74 Å². The van der Waals surface area contributed by atoms with Crippen LogP contribution in [0.1, 0.15) is 25.7 Å². The minimum Gasteiger partial charge on any atom is -0.381 e. The summed E-state index contributed by atoms with van der Waals surface area (Å²) in [5.74, 6) is 0. The number of nitrogens with zero attached hydrogens (tertiary/aromatic N) is 2. The molecule has 0 unspecified atom stereocenters. The van der Waals surface area contributed by atoms with Crippen LogP contribution in [-0.4, -0.2) is 68.3 Å². The minimum absolute atomic E-state index is 0.210. The van der Waals surface area contributed by atoms with Crippen molar-refractivity contribution in [1.29, 1.82) is 0 Å². The topological polar surface area (TPSA) is 41.7 Å². The van der Waals surface area contributed by atoms with E-state index in [1.807, 2.05) is 0 Å². The SMILES string of the molecule is COC1CC(CN)(N(C)C2CCN(C)CC2)C1. The molecule has 0 bridgehead atoms. The average Bonchev–Trinajstić information content (AvgIpc) is 2.29. The normalized spacial score (nSPS) is 36.2.